The van der Waals surface area contributed by atoms with Crippen molar-refractivity contribution in [2.45, 2.75) is 6.92 Å². The molecule has 2 aromatic rings. The molecule has 0 spiro atoms. The van der Waals surface area contributed by atoms with Crippen LogP contribution in [0.3, 0.4) is 0 Å². The zero-order chi connectivity index (χ0) is 12.4. The molecule has 0 aliphatic heterocycles. The van der Waals surface area contributed by atoms with Crippen LogP contribution in [0.1, 0.15) is 5.56 Å². The Kier molecular flexibility index (Phi) is 3.36. The topological polar surface area (TPSA) is 61.0 Å². The summed E-state index contributed by atoms with van der Waals surface area (Å²) in [6, 6.07) is 5.40. The molecular formula is C11H9Cl2N3O. The number of nitrogen functional groups attached to an aromatic ring is 1. The van der Waals surface area contributed by atoms with E-state index in [9.17, 15) is 0 Å². The summed E-state index contributed by atoms with van der Waals surface area (Å²) >= 11 is 11.9. The molecule has 0 radical (unpaired) electrons. The summed E-state index contributed by atoms with van der Waals surface area (Å²) in [4.78, 5) is 7.62. The maximum Gasteiger partial charge on any atom is 0.243 e. The number of nitrogens with two attached hydrogens (primary N) is 1. The third-order valence-electron chi connectivity index (χ3n) is 2.02. The second-order valence-electron chi connectivity index (χ2n) is 3.42. The van der Waals surface area contributed by atoms with Crippen LogP contribution in [0, 0.1) is 6.92 Å². The minimum atomic E-state index is 0.0904. The van der Waals surface area contributed by atoms with E-state index in [1.807, 2.05) is 13.0 Å². The van der Waals surface area contributed by atoms with Gasteiger partial charge < -0.3 is 10.5 Å². The molecule has 1 heterocycles. The Morgan fingerprint density at radius 2 is 2.00 bits per heavy atom. The zero-order valence-electron chi connectivity index (χ0n) is 8.95. The fourth-order valence-electron chi connectivity index (χ4n) is 1.23. The van der Waals surface area contributed by atoms with Crippen molar-refractivity contribution in [3.05, 3.63) is 40.0 Å². The van der Waals surface area contributed by atoms with E-state index in [4.69, 9.17) is 33.7 Å². The molecule has 0 unspecified atom stereocenters. The summed E-state index contributed by atoms with van der Waals surface area (Å²) in [6.07, 6.45) is 1.38. The lowest BCUT2D eigenvalue weighted by atomic mass is 10.2. The molecule has 0 bridgehead atoms. The molecule has 4 nitrogen and oxygen atoms in total. The molecule has 2 rings (SSSR count). The number of benzene rings is 1. The highest BCUT2D eigenvalue weighted by Crippen LogP contribution is 2.32. The van der Waals surface area contributed by atoms with Crippen LogP contribution in [-0.2, 0) is 0 Å². The first-order chi connectivity index (χ1) is 8.06. The molecule has 0 amide bonds. The summed E-state index contributed by atoms with van der Waals surface area (Å²) in [5.41, 5.74) is 6.49. The van der Waals surface area contributed by atoms with Gasteiger partial charge in [0.25, 0.3) is 0 Å². The van der Waals surface area contributed by atoms with Gasteiger partial charge in [0, 0.05) is 0 Å². The average Bonchev–Trinajstić information content (AvgIpc) is 2.27. The van der Waals surface area contributed by atoms with Gasteiger partial charge in [-0.1, -0.05) is 29.3 Å². The molecule has 17 heavy (non-hydrogen) atoms. The molecule has 0 saturated heterocycles. The Hall–Kier alpha value is -1.52. The first-order valence-corrected chi connectivity index (χ1v) is 5.54. The molecule has 0 fully saturated rings. The van der Waals surface area contributed by atoms with E-state index in [0.717, 1.165) is 5.56 Å². The van der Waals surface area contributed by atoms with E-state index in [0.29, 0.717) is 10.8 Å². The highest BCUT2D eigenvalue weighted by molar-refractivity contribution is 6.32. The predicted molar refractivity (Wildman–Crippen MR) is 67.7 cm³/mol. The number of anilines is 1. The summed E-state index contributed by atoms with van der Waals surface area (Å²) in [5, 5.41) is 0.758. The van der Waals surface area contributed by atoms with Gasteiger partial charge in [-0.05, 0) is 24.6 Å². The Morgan fingerprint density at radius 1 is 1.24 bits per heavy atom. The predicted octanol–water partition coefficient (Wildman–Crippen LogP) is 3.47. The average molecular weight is 270 g/mol. The van der Waals surface area contributed by atoms with Gasteiger partial charge in [0.2, 0.25) is 11.8 Å². The van der Waals surface area contributed by atoms with Crippen LogP contribution >= 0.6 is 23.2 Å². The first-order valence-electron chi connectivity index (χ1n) is 4.78. The largest absolute Gasteiger partial charge is 0.436 e. The normalized spacial score (nSPS) is 10.3. The lowest BCUT2D eigenvalue weighted by molar-refractivity contribution is 0.463. The number of hydrogen-bond acceptors (Lipinski definition) is 4. The Morgan fingerprint density at radius 3 is 2.71 bits per heavy atom. The van der Waals surface area contributed by atoms with Crippen LogP contribution in [-0.4, -0.2) is 9.97 Å². The number of aryl methyl sites for hydroxylation is 1. The van der Waals surface area contributed by atoms with E-state index in [1.165, 1.54) is 6.20 Å². The molecular weight excluding hydrogens is 261 g/mol. The van der Waals surface area contributed by atoms with Crippen LogP contribution in [0.15, 0.2) is 24.4 Å². The van der Waals surface area contributed by atoms with Gasteiger partial charge in [0.1, 0.15) is 10.8 Å². The van der Waals surface area contributed by atoms with Crippen LogP contribution in [0.25, 0.3) is 0 Å². The Labute approximate surface area is 108 Å². The Balaban J connectivity index is 2.34. The SMILES string of the molecule is Cc1ccc(Oc2nc(N)ncc2Cl)c(Cl)c1. The van der Waals surface area contributed by atoms with E-state index >= 15 is 0 Å². The lowest BCUT2D eigenvalue weighted by Crippen LogP contribution is -1.97. The molecule has 0 atom stereocenters. The van der Waals surface area contributed by atoms with Crippen molar-refractivity contribution in [3.8, 4) is 11.6 Å². The second-order valence-corrected chi connectivity index (χ2v) is 4.23. The molecule has 0 aliphatic rings. The summed E-state index contributed by atoms with van der Waals surface area (Å²) in [7, 11) is 0. The monoisotopic (exact) mass is 269 g/mol. The third kappa shape index (κ3) is 2.78. The minimum Gasteiger partial charge on any atom is -0.436 e. The summed E-state index contributed by atoms with van der Waals surface area (Å²) in [6.45, 7) is 1.94. The molecule has 0 aliphatic carbocycles. The molecule has 1 aromatic carbocycles. The van der Waals surface area contributed by atoms with Crippen molar-refractivity contribution >= 4 is 29.2 Å². The van der Waals surface area contributed by atoms with Gasteiger partial charge in [-0.2, -0.15) is 4.98 Å². The minimum absolute atomic E-state index is 0.0904. The number of aromatic nitrogens is 2. The molecule has 6 heteroatoms. The maximum absolute atomic E-state index is 6.03. The second kappa shape index (κ2) is 4.77. The number of hydrogen-bond donors (Lipinski definition) is 1. The van der Waals surface area contributed by atoms with Crippen molar-refractivity contribution < 1.29 is 4.74 Å². The number of halogens is 2. The van der Waals surface area contributed by atoms with E-state index in [1.54, 1.807) is 12.1 Å². The highest BCUT2D eigenvalue weighted by atomic mass is 35.5. The van der Waals surface area contributed by atoms with Crippen molar-refractivity contribution in [2.24, 2.45) is 0 Å². The van der Waals surface area contributed by atoms with E-state index in [-0.39, 0.29) is 16.9 Å². The van der Waals surface area contributed by atoms with Crippen LogP contribution in [0.5, 0.6) is 11.6 Å². The number of rotatable bonds is 2. The van der Waals surface area contributed by atoms with Gasteiger partial charge in [-0.3, -0.25) is 0 Å². The van der Waals surface area contributed by atoms with Gasteiger partial charge in [-0.15, -0.1) is 0 Å². The van der Waals surface area contributed by atoms with Crippen molar-refractivity contribution in [1.82, 2.24) is 9.97 Å². The molecule has 1 aromatic heterocycles. The zero-order valence-corrected chi connectivity index (χ0v) is 10.5. The highest BCUT2D eigenvalue weighted by Gasteiger charge is 2.09. The van der Waals surface area contributed by atoms with E-state index in [2.05, 4.69) is 9.97 Å². The van der Waals surface area contributed by atoms with E-state index < -0.39 is 0 Å². The van der Waals surface area contributed by atoms with Crippen molar-refractivity contribution in [3.63, 3.8) is 0 Å². The number of nitrogens with zero attached hydrogens (tertiary/aromatic N) is 2. The molecule has 88 valence electrons. The van der Waals surface area contributed by atoms with Gasteiger partial charge in [0.15, 0.2) is 0 Å². The first kappa shape index (κ1) is 12.0. The van der Waals surface area contributed by atoms with Gasteiger partial charge in [-0.25, -0.2) is 4.98 Å². The van der Waals surface area contributed by atoms with Crippen molar-refractivity contribution in [1.29, 1.82) is 0 Å². The fourth-order valence-corrected chi connectivity index (χ4v) is 1.63. The van der Waals surface area contributed by atoms with Crippen LogP contribution in [0.2, 0.25) is 10.0 Å². The lowest BCUT2D eigenvalue weighted by Gasteiger charge is -2.08. The molecule has 0 saturated carbocycles. The van der Waals surface area contributed by atoms with Gasteiger partial charge >= 0.3 is 0 Å². The van der Waals surface area contributed by atoms with Crippen LogP contribution < -0.4 is 10.5 Å². The van der Waals surface area contributed by atoms with Crippen molar-refractivity contribution in [2.75, 3.05) is 5.73 Å². The smallest absolute Gasteiger partial charge is 0.243 e. The maximum atomic E-state index is 6.03. The third-order valence-corrected chi connectivity index (χ3v) is 2.58. The number of ether oxygens (including phenoxy) is 1. The van der Waals surface area contributed by atoms with Gasteiger partial charge in [0.05, 0.1) is 11.2 Å². The molecule has 2 N–H and O–H groups in total. The Bertz CT molecular complexity index is 560. The standard InChI is InChI=1S/C11H9Cl2N3O/c1-6-2-3-9(7(12)4-6)17-10-8(13)5-15-11(14)16-10/h2-5H,1H3,(H2,14,15,16). The van der Waals surface area contributed by atoms with Crippen LogP contribution in [0.4, 0.5) is 5.95 Å². The quantitative estimate of drug-likeness (QED) is 0.907. The summed E-state index contributed by atoms with van der Waals surface area (Å²) in [5.74, 6) is 0.745. The fraction of sp³-hybridized carbons (Fsp3) is 0.0909. The summed E-state index contributed by atoms with van der Waals surface area (Å²) < 4.78 is 5.48.